The SMILES string of the molecule is CCN(CC)CCN(C(=O)c1ccc(S(=O)(=O)N(CC)CC)cc1)c1nc2c(C)c(C)ccc2s1.Cl. The number of benzene rings is 2. The summed E-state index contributed by atoms with van der Waals surface area (Å²) in [4.78, 5) is 22.7. The summed E-state index contributed by atoms with van der Waals surface area (Å²) < 4.78 is 28.2. The fraction of sp³-hybridized carbons (Fsp3) is 0.462. The number of sulfonamides is 1. The number of fused-ring (bicyclic) bond motifs is 1. The first-order valence-corrected chi connectivity index (χ1v) is 14.4. The van der Waals surface area contributed by atoms with Gasteiger partial charge in [-0.15, -0.1) is 12.4 Å². The van der Waals surface area contributed by atoms with Crippen molar-refractivity contribution in [2.24, 2.45) is 0 Å². The molecule has 10 heteroatoms. The summed E-state index contributed by atoms with van der Waals surface area (Å²) in [6, 6.07) is 10.4. The summed E-state index contributed by atoms with van der Waals surface area (Å²) in [5, 5.41) is 0.658. The van der Waals surface area contributed by atoms with Crippen LogP contribution in [-0.4, -0.2) is 67.8 Å². The van der Waals surface area contributed by atoms with Crippen molar-refractivity contribution in [2.75, 3.05) is 44.2 Å². The summed E-state index contributed by atoms with van der Waals surface area (Å²) in [6.45, 7) is 15.8. The largest absolute Gasteiger partial charge is 0.302 e. The Morgan fingerprint density at radius 1 is 0.889 bits per heavy atom. The minimum absolute atomic E-state index is 0. The van der Waals surface area contributed by atoms with Gasteiger partial charge in [0.1, 0.15) is 0 Å². The van der Waals surface area contributed by atoms with Crippen LogP contribution in [0.3, 0.4) is 0 Å². The maximum Gasteiger partial charge on any atom is 0.260 e. The van der Waals surface area contributed by atoms with Gasteiger partial charge < -0.3 is 4.90 Å². The molecule has 0 spiro atoms. The molecule has 1 heterocycles. The Kier molecular flexibility index (Phi) is 10.9. The molecule has 0 aliphatic rings. The molecule has 3 rings (SSSR count). The Labute approximate surface area is 225 Å². The van der Waals surface area contributed by atoms with Gasteiger partial charge in [0.25, 0.3) is 5.91 Å². The van der Waals surface area contributed by atoms with Gasteiger partial charge in [0.2, 0.25) is 10.0 Å². The smallest absolute Gasteiger partial charge is 0.260 e. The second kappa shape index (κ2) is 13.0. The van der Waals surface area contributed by atoms with Crippen LogP contribution < -0.4 is 4.90 Å². The molecule has 0 saturated carbocycles. The standard InChI is InChI=1S/C26H36N4O3S2.ClH/c1-7-28(8-2)17-18-30(26-27-24-20(6)19(5)11-16-23(24)34-26)25(31)21-12-14-22(15-13-21)35(32,33)29(9-3)10-4;/h11-16H,7-10,17-18H2,1-6H3;1H. The van der Waals surface area contributed by atoms with Crippen LogP contribution >= 0.6 is 23.7 Å². The number of hydrogen-bond donors (Lipinski definition) is 0. The number of halogens is 1. The van der Waals surface area contributed by atoms with Crippen molar-refractivity contribution in [2.45, 2.75) is 46.4 Å². The molecule has 0 N–H and O–H groups in total. The molecule has 7 nitrogen and oxygen atoms in total. The monoisotopic (exact) mass is 552 g/mol. The zero-order chi connectivity index (χ0) is 25.8. The van der Waals surface area contributed by atoms with E-state index in [1.807, 2.05) is 13.8 Å². The molecule has 0 fully saturated rings. The quantitative estimate of drug-likeness (QED) is 0.320. The average molecular weight is 553 g/mol. The maximum atomic E-state index is 13.7. The van der Waals surface area contributed by atoms with Crippen molar-refractivity contribution in [3.63, 3.8) is 0 Å². The lowest BCUT2D eigenvalue weighted by atomic mass is 10.1. The van der Waals surface area contributed by atoms with Gasteiger partial charge in [0.05, 0.1) is 15.1 Å². The van der Waals surface area contributed by atoms with Gasteiger partial charge in [-0.3, -0.25) is 9.69 Å². The lowest BCUT2D eigenvalue weighted by Gasteiger charge is -2.25. The molecule has 1 amide bonds. The van der Waals surface area contributed by atoms with Crippen molar-refractivity contribution in [3.8, 4) is 0 Å². The number of likely N-dealkylation sites (N-methyl/N-ethyl adjacent to an activating group) is 1. The summed E-state index contributed by atoms with van der Waals surface area (Å²) >= 11 is 1.51. The Morgan fingerprint density at radius 3 is 2.06 bits per heavy atom. The number of amides is 1. The molecule has 0 saturated heterocycles. The zero-order valence-corrected chi connectivity index (χ0v) is 24.4. The van der Waals surface area contributed by atoms with Crippen LogP contribution in [-0.2, 0) is 10.0 Å². The van der Waals surface area contributed by atoms with Gasteiger partial charge in [-0.2, -0.15) is 4.31 Å². The maximum absolute atomic E-state index is 13.7. The predicted octanol–water partition coefficient (Wildman–Crippen LogP) is 5.35. The van der Waals surface area contributed by atoms with Crippen LogP contribution in [0.1, 0.15) is 49.2 Å². The van der Waals surface area contributed by atoms with E-state index in [9.17, 15) is 13.2 Å². The Hall–Kier alpha value is -2.04. The fourth-order valence-electron chi connectivity index (χ4n) is 4.03. The molecular formula is C26H37ClN4O3S2. The number of aryl methyl sites for hydroxylation is 2. The van der Waals surface area contributed by atoms with Crippen molar-refractivity contribution in [3.05, 3.63) is 53.1 Å². The molecular weight excluding hydrogens is 516 g/mol. The van der Waals surface area contributed by atoms with E-state index in [2.05, 4.69) is 44.7 Å². The lowest BCUT2D eigenvalue weighted by Crippen LogP contribution is -2.39. The average Bonchev–Trinajstić information content (AvgIpc) is 3.29. The van der Waals surface area contributed by atoms with E-state index in [1.54, 1.807) is 17.0 Å². The molecule has 0 bridgehead atoms. The van der Waals surface area contributed by atoms with Gasteiger partial charge in [-0.05, 0) is 68.4 Å². The minimum Gasteiger partial charge on any atom is -0.302 e. The topological polar surface area (TPSA) is 73.8 Å². The molecule has 36 heavy (non-hydrogen) atoms. The number of thiazole rings is 1. The van der Waals surface area contributed by atoms with E-state index in [4.69, 9.17) is 4.98 Å². The van der Waals surface area contributed by atoms with Crippen molar-refractivity contribution in [1.82, 2.24) is 14.2 Å². The molecule has 2 aromatic carbocycles. The molecule has 3 aromatic rings. The Morgan fingerprint density at radius 2 is 1.50 bits per heavy atom. The highest BCUT2D eigenvalue weighted by molar-refractivity contribution is 7.89. The van der Waals surface area contributed by atoms with Crippen LogP contribution in [0.4, 0.5) is 5.13 Å². The lowest BCUT2D eigenvalue weighted by molar-refractivity contribution is 0.0983. The fourth-order valence-corrected chi connectivity index (χ4v) is 6.54. The molecule has 0 aliphatic heterocycles. The molecule has 198 valence electrons. The third-order valence-corrected chi connectivity index (χ3v) is 9.64. The van der Waals surface area contributed by atoms with Gasteiger partial charge in [-0.1, -0.05) is 45.1 Å². The highest BCUT2D eigenvalue weighted by Gasteiger charge is 2.25. The number of aromatic nitrogens is 1. The van der Waals surface area contributed by atoms with Gasteiger partial charge in [0.15, 0.2) is 5.13 Å². The van der Waals surface area contributed by atoms with Crippen molar-refractivity contribution < 1.29 is 13.2 Å². The number of nitrogens with zero attached hydrogens (tertiary/aromatic N) is 4. The molecule has 0 aliphatic carbocycles. The first-order valence-electron chi connectivity index (χ1n) is 12.2. The van der Waals surface area contributed by atoms with E-state index in [0.717, 1.165) is 35.4 Å². The van der Waals surface area contributed by atoms with E-state index < -0.39 is 10.0 Å². The highest BCUT2D eigenvalue weighted by Crippen LogP contribution is 2.32. The molecule has 0 atom stereocenters. The van der Waals surface area contributed by atoms with Crippen molar-refractivity contribution >= 4 is 55.0 Å². The number of rotatable bonds is 11. The normalized spacial score (nSPS) is 11.8. The first kappa shape index (κ1) is 30.2. The Bertz CT molecular complexity index is 1270. The third-order valence-electron chi connectivity index (χ3n) is 6.53. The van der Waals surface area contributed by atoms with Gasteiger partial charge in [-0.25, -0.2) is 13.4 Å². The first-order chi connectivity index (χ1) is 16.7. The summed E-state index contributed by atoms with van der Waals surface area (Å²) in [6.07, 6.45) is 0. The van der Waals surface area contributed by atoms with Crippen molar-refractivity contribution in [1.29, 1.82) is 0 Å². The van der Waals surface area contributed by atoms with E-state index in [0.29, 0.717) is 30.3 Å². The second-order valence-electron chi connectivity index (χ2n) is 8.45. The van der Waals surface area contributed by atoms with E-state index in [1.165, 1.54) is 33.3 Å². The van der Waals surface area contributed by atoms with Crippen LogP contribution in [0.25, 0.3) is 10.2 Å². The number of carbonyl (C=O) groups excluding carboxylic acids is 1. The summed E-state index contributed by atoms with van der Waals surface area (Å²) in [7, 11) is -3.58. The van der Waals surface area contributed by atoms with Gasteiger partial charge >= 0.3 is 0 Å². The van der Waals surface area contributed by atoms with E-state index in [-0.39, 0.29) is 23.2 Å². The van der Waals surface area contributed by atoms with Crippen LogP contribution in [0, 0.1) is 13.8 Å². The number of hydrogen-bond acceptors (Lipinski definition) is 6. The van der Waals surface area contributed by atoms with Gasteiger partial charge in [0, 0.05) is 31.7 Å². The molecule has 0 radical (unpaired) electrons. The Balaban J connectivity index is 0.00000456. The summed E-state index contributed by atoms with van der Waals surface area (Å²) in [5.74, 6) is -0.183. The number of carbonyl (C=O) groups is 1. The third kappa shape index (κ3) is 6.26. The minimum atomic E-state index is -3.58. The predicted molar refractivity (Wildman–Crippen MR) is 152 cm³/mol. The molecule has 0 unspecified atom stereocenters. The second-order valence-corrected chi connectivity index (χ2v) is 11.4. The molecule has 1 aromatic heterocycles. The summed E-state index contributed by atoms with van der Waals surface area (Å²) in [5.41, 5.74) is 3.65. The van der Waals surface area contributed by atoms with Crippen LogP contribution in [0.15, 0.2) is 41.3 Å². The van der Waals surface area contributed by atoms with Crippen LogP contribution in [0.2, 0.25) is 0 Å². The number of anilines is 1. The van der Waals surface area contributed by atoms with Crippen LogP contribution in [0.5, 0.6) is 0 Å². The highest BCUT2D eigenvalue weighted by atomic mass is 35.5. The van der Waals surface area contributed by atoms with E-state index >= 15 is 0 Å². The zero-order valence-electron chi connectivity index (χ0n) is 21.9.